The molecule has 2 saturated heterocycles. The summed E-state index contributed by atoms with van der Waals surface area (Å²) in [4.78, 5) is 68.1. The second kappa shape index (κ2) is 12.1. The van der Waals surface area contributed by atoms with Gasteiger partial charge in [-0.1, -0.05) is 48.5 Å². The average Bonchev–Trinajstić information content (AvgIpc) is 3.71. The van der Waals surface area contributed by atoms with Crippen molar-refractivity contribution in [2.24, 2.45) is 17.6 Å². The average molecular weight is 665 g/mol. The largest absolute Gasteiger partial charge is 0.453 e. The molecule has 4 amide bonds. The number of rotatable bonds is 9. The number of primary amides is 1. The molecule has 0 radical (unpaired) electrons. The number of hydrogen-bond acceptors (Lipinski definition) is 8. The van der Waals surface area contributed by atoms with Gasteiger partial charge in [0.15, 0.2) is 6.61 Å². The standard InChI is InChI=1S/C35H36N8O6/c1-48-35(47)39-16-30(44)42-26-10-22(26)12-28(42)32-37-14-24(40-32)20-6-2-18(3-7-20)19-4-8-21(9-5-19)25-15-38-33(41-25)29-13-23-11-27(23)43(29)31(45)17-49-34(36)46/h2-9,14-15,22-23,26-29H,10-13,16-17H2,1H3,(H2,36,46)(H,37,40)(H,38,41)(H,39,47)/t22-,23-,26-,27-,28-,29-/m1/s1. The number of likely N-dealkylation sites (tertiary alicyclic amines) is 2. The summed E-state index contributed by atoms with van der Waals surface area (Å²) >= 11 is 0. The fourth-order valence-electron chi connectivity index (χ4n) is 7.61. The Labute approximate surface area is 281 Å². The summed E-state index contributed by atoms with van der Waals surface area (Å²) in [6, 6.07) is 16.4. The van der Waals surface area contributed by atoms with Gasteiger partial charge in [0, 0.05) is 35.6 Å². The molecule has 6 atom stereocenters. The zero-order valence-electron chi connectivity index (χ0n) is 26.8. The van der Waals surface area contributed by atoms with E-state index in [-0.39, 0.29) is 49.1 Å². The molecular formula is C35H36N8O6. The number of carbonyl (C=O) groups excluding carboxylic acids is 4. The highest BCUT2D eigenvalue weighted by Crippen LogP contribution is 2.54. The summed E-state index contributed by atoms with van der Waals surface area (Å²) < 4.78 is 9.36. The maximum absolute atomic E-state index is 13.0. The van der Waals surface area contributed by atoms with Gasteiger partial charge < -0.3 is 40.3 Å². The predicted octanol–water partition coefficient (Wildman–Crippen LogP) is 3.91. The Morgan fingerprint density at radius 1 is 0.755 bits per heavy atom. The number of methoxy groups -OCH3 is 1. The zero-order chi connectivity index (χ0) is 33.8. The quantitative estimate of drug-likeness (QED) is 0.207. The van der Waals surface area contributed by atoms with Gasteiger partial charge in [0.25, 0.3) is 5.91 Å². The third-order valence-corrected chi connectivity index (χ3v) is 10.2. The molecule has 0 spiro atoms. The lowest BCUT2D eigenvalue weighted by atomic mass is 10.0. The van der Waals surface area contributed by atoms with Crippen molar-refractivity contribution in [2.45, 2.75) is 49.9 Å². The van der Waals surface area contributed by atoms with E-state index in [4.69, 9.17) is 20.4 Å². The van der Waals surface area contributed by atoms with Crippen LogP contribution >= 0.6 is 0 Å². The molecular weight excluding hydrogens is 628 g/mol. The Kier molecular flexibility index (Phi) is 7.57. The topological polar surface area (TPSA) is 189 Å². The number of benzene rings is 2. The molecule has 4 aromatic rings. The molecule has 8 rings (SSSR count). The van der Waals surface area contributed by atoms with Crippen LogP contribution in [0.3, 0.4) is 0 Å². The van der Waals surface area contributed by atoms with E-state index < -0.39 is 12.2 Å². The Hall–Kier alpha value is -5.66. The minimum absolute atomic E-state index is 0.107. The van der Waals surface area contributed by atoms with Crippen molar-refractivity contribution in [3.05, 3.63) is 72.6 Å². The van der Waals surface area contributed by atoms with Gasteiger partial charge in [0.2, 0.25) is 5.91 Å². The Bertz CT molecular complexity index is 1920. The molecule has 2 aromatic heterocycles. The van der Waals surface area contributed by atoms with Crippen LogP contribution in [-0.2, 0) is 19.1 Å². The number of amides is 4. The maximum Gasteiger partial charge on any atom is 0.407 e. The summed E-state index contributed by atoms with van der Waals surface area (Å²) in [5.74, 6) is 1.98. The molecule has 5 N–H and O–H groups in total. The van der Waals surface area contributed by atoms with E-state index in [2.05, 4.69) is 44.3 Å². The number of imidazole rings is 2. The van der Waals surface area contributed by atoms with Gasteiger partial charge in [0.05, 0.1) is 30.6 Å². The lowest BCUT2D eigenvalue weighted by molar-refractivity contribution is -0.136. The number of nitrogens with one attached hydrogen (secondary N) is 3. The number of nitrogens with zero attached hydrogens (tertiary/aromatic N) is 4. The molecule has 0 unspecified atom stereocenters. The summed E-state index contributed by atoms with van der Waals surface area (Å²) in [6.07, 6.45) is 5.75. The van der Waals surface area contributed by atoms with E-state index in [1.807, 2.05) is 41.6 Å². The van der Waals surface area contributed by atoms with Gasteiger partial charge in [-0.25, -0.2) is 19.6 Å². The van der Waals surface area contributed by atoms with Crippen LogP contribution in [0.2, 0.25) is 0 Å². The third-order valence-electron chi connectivity index (χ3n) is 10.2. The normalized spacial score (nSPS) is 24.6. The van der Waals surface area contributed by atoms with Crippen molar-refractivity contribution < 1.29 is 28.7 Å². The number of fused-ring (bicyclic) bond motifs is 2. The van der Waals surface area contributed by atoms with E-state index in [0.29, 0.717) is 11.8 Å². The van der Waals surface area contributed by atoms with Crippen molar-refractivity contribution in [2.75, 3.05) is 20.3 Å². The van der Waals surface area contributed by atoms with Crippen molar-refractivity contribution in [1.82, 2.24) is 35.1 Å². The van der Waals surface area contributed by atoms with Gasteiger partial charge in [0.1, 0.15) is 18.2 Å². The number of piperidine rings is 2. The Balaban J connectivity index is 0.918. The first kappa shape index (κ1) is 30.7. The van der Waals surface area contributed by atoms with Crippen LogP contribution in [-0.4, -0.2) is 86.1 Å². The van der Waals surface area contributed by atoms with Crippen molar-refractivity contribution in [3.8, 4) is 33.6 Å². The molecule has 2 aliphatic carbocycles. The lowest BCUT2D eigenvalue weighted by Gasteiger charge is -2.26. The maximum atomic E-state index is 13.0. The van der Waals surface area contributed by atoms with Crippen LogP contribution < -0.4 is 11.1 Å². The highest BCUT2D eigenvalue weighted by atomic mass is 16.5. The smallest absolute Gasteiger partial charge is 0.407 e. The first-order valence-corrected chi connectivity index (χ1v) is 16.5. The molecule has 0 bridgehead atoms. The first-order chi connectivity index (χ1) is 23.8. The van der Waals surface area contributed by atoms with Crippen LogP contribution in [0.4, 0.5) is 9.59 Å². The SMILES string of the molecule is COC(=O)NCC(=O)N1[C@@H](c2nc(-c3ccc(-c4ccc(-c5c[nH]c([C@H]6C[C@H]7C[C@H]7N6C(=O)COC(N)=O)n5)cc4)cc3)c[nH]2)C[C@H]2C[C@H]21. The fourth-order valence-corrected chi connectivity index (χ4v) is 7.61. The van der Waals surface area contributed by atoms with E-state index >= 15 is 0 Å². The minimum Gasteiger partial charge on any atom is -0.453 e. The van der Waals surface area contributed by atoms with Crippen LogP contribution in [0.25, 0.3) is 33.6 Å². The summed E-state index contributed by atoms with van der Waals surface area (Å²) in [6.45, 7) is -0.473. The molecule has 4 heterocycles. The molecule has 49 heavy (non-hydrogen) atoms. The fraction of sp³-hybridized carbons (Fsp3) is 0.371. The molecule has 252 valence electrons. The molecule has 14 heteroatoms. The summed E-state index contributed by atoms with van der Waals surface area (Å²) in [5.41, 5.74) is 10.6. The molecule has 2 aromatic carbocycles. The number of aromatic amines is 2. The predicted molar refractivity (Wildman–Crippen MR) is 175 cm³/mol. The second-order valence-corrected chi connectivity index (χ2v) is 13.2. The second-order valence-electron chi connectivity index (χ2n) is 13.2. The Morgan fingerprint density at radius 3 is 1.69 bits per heavy atom. The molecule has 4 fully saturated rings. The van der Waals surface area contributed by atoms with Crippen LogP contribution in [0.5, 0.6) is 0 Å². The third kappa shape index (κ3) is 5.87. The number of hydrogen-bond donors (Lipinski definition) is 4. The first-order valence-electron chi connectivity index (χ1n) is 16.5. The number of alkyl carbamates (subject to hydrolysis) is 1. The van der Waals surface area contributed by atoms with Crippen molar-refractivity contribution in [1.29, 1.82) is 0 Å². The van der Waals surface area contributed by atoms with Gasteiger partial charge in [-0.3, -0.25) is 9.59 Å². The van der Waals surface area contributed by atoms with Crippen molar-refractivity contribution in [3.63, 3.8) is 0 Å². The van der Waals surface area contributed by atoms with Crippen molar-refractivity contribution >= 4 is 24.0 Å². The summed E-state index contributed by atoms with van der Waals surface area (Å²) in [7, 11) is 1.27. The number of carbonyl (C=O) groups is 4. The van der Waals surface area contributed by atoms with Crippen LogP contribution in [0, 0.1) is 11.8 Å². The van der Waals surface area contributed by atoms with E-state index in [1.54, 1.807) is 4.90 Å². The number of ether oxygens (including phenoxy) is 2. The lowest BCUT2D eigenvalue weighted by Crippen LogP contribution is -2.41. The molecule has 2 saturated carbocycles. The highest BCUT2D eigenvalue weighted by molar-refractivity contribution is 5.84. The van der Waals surface area contributed by atoms with Gasteiger partial charge in [-0.15, -0.1) is 0 Å². The monoisotopic (exact) mass is 664 g/mol. The van der Waals surface area contributed by atoms with Gasteiger partial charge in [-0.05, 0) is 48.6 Å². The molecule has 2 aliphatic heterocycles. The van der Waals surface area contributed by atoms with E-state index in [9.17, 15) is 19.2 Å². The molecule has 4 aliphatic rings. The van der Waals surface area contributed by atoms with E-state index in [0.717, 1.165) is 71.0 Å². The highest BCUT2D eigenvalue weighted by Gasteiger charge is 2.56. The molecule has 14 nitrogen and oxygen atoms in total. The summed E-state index contributed by atoms with van der Waals surface area (Å²) in [5, 5.41) is 2.49. The van der Waals surface area contributed by atoms with Gasteiger partial charge >= 0.3 is 12.2 Å². The minimum atomic E-state index is -0.963. The number of nitrogens with two attached hydrogens (primary N) is 1. The number of H-pyrrole nitrogens is 2. The zero-order valence-corrected chi connectivity index (χ0v) is 26.8. The number of aromatic nitrogens is 4. The van der Waals surface area contributed by atoms with Gasteiger partial charge in [-0.2, -0.15) is 0 Å². The Morgan fingerprint density at radius 2 is 1.22 bits per heavy atom. The van der Waals surface area contributed by atoms with Crippen LogP contribution in [0.15, 0.2) is 60.9 Å². The van der Waals surface area contributed by atoms with E-state index in [1.165, 1.54) is 7.11 Å². The van der Waals surface area contributed by atoms with Crippen LogP contribution in [0.1, 0.15) is 49.4 Å².